The molecule has 1 saturated heterocycles. The summed E-state index contributed by atoms with van der Waals surface area (Å²) >= 11 is 2.08. The van der Waals surface area contributed by atoms with Crippen molar-refractivity contribution in [2.45, 2.75) is 17.4 Å². The van der Waals surface area contributed by atoms with Gasteiger partial charge in [-0.1, -0.05) is 54.6 Å². The SMILES string of the molecule is Cc1cc2ccccc2c2ccc3c(c12)[C@H]1S[C@H]1C=C3. The highest BCUT2D eigenvalue weighted by Gasteiger charge is 2.42. The number of hydrogen-bond donors (Lipinski definition) is 0. The molecule has 0 amide bonds. The standard InChI is InChI=1S/C19H14S/c1-11-10-13-4-2-3-5-14(13)15-8-6-12-7-9-16-19(20-16)18(12)17(11)15/h2-10,16,19H,1H3/t16-,19-/m0/s1. The monoisotopic (exact) mass is 274 g/mol. The first-order valence-corrected chi connectivity index (χ1v) is 8.06. The molecule has 96 valence electrons. The number of benzene rings is 3. The molecule has 1 heteroatoms. The molecule has 2 aliphatic rings. The van der Waals surface area contributed by atoms with E-state index in [2.05, 4.69) is 73.3 Å². The zero-order chi connectivity index (χ0) is 13.3. The van der Waals surface area contributed by atoms with Crippen molar-refractivity contribution in [2.24, 2.45) is 0 Å². The Bertz CT molecular complexity index is 904. The normalized spacial score (nSPS) is 22.9. The first-order chi connectivity index (χ1) is 9.83. The molecular formula is C19H14S. The number of aryl methyl sites for hydroxylation is 1. The lowest BCUT2D eigenvalue weighted by molar-refractivity contribution is 1.11. The Morgan fingerprint density at radius 3 is 2.85 bits per heavy atom. The first kappa shape index (κ1) is 11.0. The van der Waals surface area contributed by atoms with Crippen molar-refractivity contribution in [1.82, 2.24) is 0 Å². The lowest BCUT2D eigenvalue weighted by atomic mass is 9.87. The predicted molar refractivity (Wildman–Crippen MR) is 89.3 cm³/mol. The molecule has 1 fully saturated rings. The Labute approximate surface area is 122 Å². The van der Waals surface area contributed by atoms with Crippen molar-refractivity contribution in [3.05, 3.63) is 65.2 Å². The molecule has 0 spiro atoms. The molecule has 0 bridgehead atoms. The second-order valence-electron chi connectivity index (χ2n) is 5.79. The summed E-state index contributed by atoms with van der Waals surface area (Å²) in [5.41, 5.74) is 4.41. The highest BCUT2D eigenvalue weighted by molar-refractivity contribution is 8.07. The van der Waals surface area contributed by atoms with E-state index in [0.717, 1.165) is 5.25 Å². The van der Waals surface area contributed by atoms with E-state index in [0.29, 0.717) is 5.25 Å². The van der Waals surface area contributed by atoms with Gasteiger partial charge in [0.2, 0.25) is 0 Å². The van der Waals surface area contributed by atoms with Crippen LogP contribution in [0.15, 0.2) is 48.5 Å². The van der Waals surface area contributed by atoms with E-state index < -0.39 is 0 Å². The summed E-state index contributed by atoms with van der Waals surface area (Å²) in [5.74, 6) is 0. The van der Waals surface area contributed by atoms with Crippen LogP contribution in [0.5, 0.6) is 0 Å². The van der Waals surface area contributed by atoms with Gasteiger partial charge >= 0.3 is 0 Å². The quantitative estimate of drug-likeness (QED) is 0.386. The molecule has 0 unspecified atom stereocenters. The smallest absolute Gasteiger partial charge is 0.0469 e. The Morgan fingerprint density at radius 2 is 1.90 bits per heavy atom. The van der Waals surface area contributed by atoms with Crippen LogP contribution < -0.4 is 0 Å². The molecule has 3 aromatic carbocycles. The predicted octanol–water partition coefficient (Wildman–Crippen LogP) is 5.48. The summed E-state index contributed by atoms with van der Waals surface area (Å²) in [6.45, 7) is 2.26. The molecule has 0 aromatic heterocycles. The molecule has 1 heterocycles. The van der Waals surface area contributed by atoms with E-state index in [1.54, 1.807) is 5.56 Å². The summed E-state index contributed by atoms with van der Waals surface area (Å²) in [7, 11) is 0. The van der Waals surface area contributed by atoms with Gasteiger partial charge in [-0.3, -0.25) is 0 Å². The minimum absolute atomic E-state index is 0.693. The number of rotatable bonds is 0. The van der Waals surface area contributed by atoms with Crippen molar-refractivity contribution in [1.29, 1.82) is 0 Å². The molecule has 0 N–H and O–H groups in total. The van der Waals surface area contributed by atoms with E-state index >= 15 is 0 Å². The fourth-order valence-corrected chi connectivity index (χ4v) is 4.65. The first-order valence-electron chi connectivity index (χ1n) is 7.11. The maximum Gasteiger partial charge on any atom is 0.0469 e. The van der Waals surface area contributed by atoms with Crippen LogP contribution in [0.1, 0.15) is 21.9 Å². The molecule has 5 rings (SSSR count). The van der Waals surface area contributed by atoms with Crippen LogP contribution in [0.25, 0.3) is 27.6 Å². The van der Waals surface area contributed by atoms with E-state index in [4.69, 9.17) is 0 Å². The maximum absolute atomic E-state index is 2.36. The average Bonchev–Trinajstić information content (AvgIpc) is 3.26. The van der Waals surface area contributed by atoms with Crippen LogP contribution in [-0.4, -0.2) is 5.25 Å². The summed E-state index contributed by atoms with van der Waals surface area (Å²) in [4.78, 5) is 0. The second kappa shape index (κ2) is 3.67. The minimum atomic E-state index is 0.693. The zero-order valence-electron chi connectivity index (χ0n) is 11.3. The summed E-state index contributed by atoms with van der Waals surface area (Å²) < 4.78 is 0. The van der Waals surface area contributed by atoms with Gasteiger partial charge in [0.15, 0.2) is 0 Å². The van der Waals surface area contributed by atoms with E-state index in [-0.39, 0.29) is 0 Å². The van der Waals surface area contributed by atoms with Gasteiger partial charge in [-0.25, -0.2) is 0 Å². The van der Waals surface area contributed by atoms with Crippen LogP contribution in [0.4, 0.5) is 0 Å². The molecule has 3 aromatic rings. The Hall–Kier alpha value is -1.73. The fourth-order valence-electron chi connectivity index (χ4n) is 3.61. The van der Waals surface area contributed by atoms with Crippen LogP contribution >= 0.6 is 11.8 Å². The van der Waals surface area contributed by atoms with Crippen LogP contribution in [0, 0.1) is 6.92 Å². The van der Waals surface area contributed by atoms with Crippen molar-refractivity contribution < 1.29 is 0 Å². The molecule has 0 radical (unpaired) electrons. The topological polar surface area (TPSA) is 0 Å². The third kappa shape index (κ3) is 1.34. The number of fused-ring (bicyclic) bond motifs is 7. The molecular weight excluding hydrogens is 260 g/mol. The van der Waals surface area contributed by atoms with Crippen LogP contribution in [-0.2, 0) is 0 Å². The number of thioether (sulfide) groups is 1. The maximum atomic E-state index is 2.36. The van der Waals surface area contributed by atoms with Crippen molar-refractivity contribution >= 4 is 39.4 Å². The van der Waals surface area contributed by atoms with Crippen molar-refractivity contribution in [3.8, 4) is 0 Å². The van der Waals surface area contributed by atoms with Crippen molar-refractivity contribution in [2.75, 3.05) is 0 Å². The molecule has 20 heavy (non-hydrogen) atoms. The Balaban J connectivity index is 2.02. The summed E-state index contributed by atoms with van der Waals surface area (Å²) in [6.07, 6.45) is 4.67. The van der Waals surface area contributed by atoms with Gasteiger partial charge in [0.25, 0.3) is 0 Å². The lowest BCUT2D eigenvalue weighted by Gasteiger charge is -2.16. The van der Waals surface area contributed by atoms with E-state index in [1.807, 2.05) is 0 Å². The summed E-state index contributed by atoms with van der Waals surface area (Å²) in [6, 6.07) is 15.7. The minimum Gasteiger partial charge on any atom is -0.143 e. The van der Waals surface area contributed by atoms with E-state index in [9.17, 15) is 0 Å². The highest BCUT2D eigenvalue weighted by Crippen LogP contribution is 2.60. The van der Waals surface area contributed by atoms with E-state index in [1.165, 1.54) is 32.7 Å². The molecule has 0 nitrogen and oxygen atoms in total. The van der Waals surface area contributed by atoms with Gasteiger partial charge in [0.05, 0.1) is 0 Å². The van der Waals surface area contributed by atoms with Crippen molar-refractivity contribution in [3.63, 3.8) is 0 Å². The number of hydrogen-bond acceptors (Lipinski definition) is 1. The largest absolute Gasteiger partial charge is 0.143 e. The highest BCUT2D eigenvalue weighted by atomic mass is 32.2. The van der Waals surface area contributed by atoms with Gasteiger partial charge in [-0.05, 0) is 45.2 Å². The Kier molecular flexibility index (Phi) is 2.02. The molecule has 1 aliphatic carbocycles. The lowest BCUT2D eigenvalue weighted by Crippen LogP contribution is -1.98. The third-order valence-corrected chi connectivity index (χ3v) is 5.82. The van der Waals surface area contributed by atoms with Crippen LogP contribution in [0.2, 0.25) is 0 Å². The van der Waals surface area contributed by atoms with Gasteiger partial charge in [0, 0.05) is 10.5 Å². The molecule has 1 aliphatic heterocycles. The zero-order valence-corrected chi connectivity index (χ0v) is 12.1. The van der Waals surface area contributed by atoms with Gasteiger partial charge in [-0.2, -0.15) is 0 Å². The Morgan fingerprint density at radius 1 is 1.00 bits per heavy atom. The average molecular weight is 274 g/mol. The summed E-state index contributed by atoms with van der Waals surface area (Å²) in [5, 5.41) is 7.06. The van der Waals surface area contributed by atoms with Crippen LogP contribution in [0.3, 0.4) is 0 Å². The molecule has 0 saturated carbocycles. The van der Waals surface area contributed by atoms with Gasteiger partial charge in [-0.15, -0.1) is 11.8 Å². The van der Waals surface area contributed by atoms with Gasteiger partial charge in [0.1, 0.15) is 0 Å². The molecule has 2 atom stereocenters. The fraction of sp³-hybridized carbons (Fsp3) is 0.158. The second-order valence-corrected chi connectivity index (χ2v) is 7.11. The van der Waals surface area contributed by atoms with Gasteiger partial charge < -0.3 is 0 Å². The third-order valence-electron chi connectivity index (χ3n) is 4.57.